The highest BCUT2D eigenvalue weighted by Gasteiger charge is 2.22. The van der Waals surface area contributed by atoms with E-state index in [1.165, 1.54) is 16.8 Å². The summed E-state index contributed by atoms with van der Waals surface area (Å²) in [5.41, 5.74) is 6.68. The maximum Gasteiger partial charge on any atom is 0.355 e. The second-order valence-electron chi connectivity index (χ2n) is 5.79. The Morgan fingerprint density at radius 3 is 2.48 bits per heavy atom. The third-order valence-corrected chi connectivity index (χ3v) is 5.11. The van der Waals surface area contributed by atoms with Crippen molar-refractivity contribution in [3.63, 3.8) is 0 Å². The number of rotatable bonds is 5. The van der Waals surface area contributed by atoms with Gasteiger partial charge in [0.15, 0.2) is 0 Å². The molecule has 0 unspecified atom stereocenters. The van der Waals surface area contributed by atoms with Crippen LogP contribution in [0.3, 0.4) is 0 Å². The first-order chi connectivity index (χ1) is 10.7. The zero-order valence-corrected chi connectivity index (χ0v) is 14.7. The predicted octanol–water partition coefficient (Wildman–Crippen LogP) is 2.93. The number of aryl methyl sites for hydroxylation is 2. The molecule has 0 saturated carbocycles. The van der Waals surface area contributed by atoms with Gasteiger partial charge in [0.25, 0.3) is 0 Å². The molecule has 0 aromatic carbocycles. The Labute approximate surface area is 139 Å². The van der Waals surface area contributed by atoms with Crippen molar-refractivity contribution in [2.45, 2.75) is 39.7 Å². The Hall–Kier alpha value is -2.15. The fourth-order valence-electron chi connectivity index (χ4n) is 2.23. The molecule has 0 aliphatic rings. The van der Waals surface area contributed by atoms with Crippen LogP contribution in [0.15, 0.2) is 12.3 Å². The molecule has 0 spiro atoms. The van der Waals surface area contributed by atoms with Crippen LogP contribution in [0.2, 0.25) is 0 Å². The van der Waals surface area contributed by atoms with Gasteiger partial charge in [-0.25, -0.2) is 9.78 Å². The summed E-state index contributed by atoms with van der Waals surface area (Å²) in [7, 11) is 1.67. The van der Waals surface area contributed by atoms with E-state index in [1.807, 2.05) is 13.8 Å². The van der Waals surface area contributed by atoms with E-state index in [1.54, 1.807) is 18.4 Å². The van der Waals surface area contributed by atoms with Crippen molar-refractivity contribution in [1.82, 2.24) is 9.55 Å². The molecule has 23 heavy (non-hydrogen) atoms. The zero-order chi connectivity index (χ0) is 17.3. The molecule has 2 N–H and O–H groups in total. The highest BCUT2D eigenvalue weighted by Crippen LogP contribution is 2.31. The van der Waals surface area contributed by atoms with E-state index < -0.39 is 18.0 Å². The minimum atomic E-state index is -0.576. The third kappa shape index (κ3) is 3.61. The molecular weight excluding hydrogens is 314 g/mol. The summed E-state index contributed by atoms with van der Waals surface area (Å²) in [6, 6.07) is 1.44. The van der Waals surface area contributed by atoms with Crippen molar-refractivity contribution in [3.05, 3.63) is 39.1 Å². The summed E-state index contributed by atoms with van der Waals surface area (Å²) >= 11 is 1.56. The van der Waals surface area contributed by atoms with Crippen LogP contribution in [0, 0.1) is 6.92 Å². The van der Waals surface area contributed by atoms with E-state index in [9.17, 15) is 9.59 Å². The monoisotopic (exact) mass is 335 g/mol. The fraction of sp³-hybridized carbons (Fsp3) is 0.438. The number of carbonyl (C=O) groups excluding carboxylic acids is 2. The van der Waals surface area contributed by atoms with Crippen molar-refractivity contribution in [2.24, 2.45) is 12.8 Å². The minimum Gasteiger partial charge on any atom is -0.452 e. The maximum atomic E-state index is 12.3. The third-order valence-electron chi connectivity index (χ3n) is 3.49. The second kappa shape index (κ2) is 6.54. The lowest BCUT2D eigenvalue weighted by Gasteiger charge is -2.12. The number of nitrogens with zero attached hydrogens (tertiary/aromatic N) is 2. The van der Waals surface area contributed by atoms with Crippen molar-refractivity contribution in [2.75, 3.05) is 0 Å². The lowest BCUT2D eigenvalue weighted by molar-refractivity contribution is 0.0332. The molecule has 0 saturated heterocycles. The average Bonchev–Trinajstić information content (AvgIpc) is 3.02. The smallest absolute Gasteiger partial charge is 0.355 e. The van der Waals surface area contributed by atoms with Crippen molar-refractivity contribution < 1.29 is 14.3 Å². The number of thiazole rings is 1. The molecule has 0 aliphatic heterocycles. The van der Waals surface area contributed by atoms with Gasteiger partial charge in [0.2, 0.25) is 5.91 Å². The summed E-state index contributed by atoms with van der Waals surface area (Å²) in [6.07, 6.45) is 1.11. The standard InChI is InChI=1S/C16H21N3O3S/c1-8(2)15-18-9(3)13(23-15)10(4)22-16(21)12-6-11(14(17)20)7-19(12)5/h6-8,10H,1-5H3,(H2,17,20)/t10-/m1/s1. The van der Waals surface area contributed by atoms with Crippen LogP contribution in [0.4, 0.5) is 0 Å². The minimum absolute atomic E-state index is 0.281. The normalized spacial score (nSPS) is 12.4. The van der Waals surface area contributed by atoms with Crippen LogP contribution in [0.25, 0.3) is 0 Å². The second-order valence-corrected chi connectivity index (χ2v) is 6.86. The summed E-state index contributed by atoms with van der Waals surface area (Å²) < 4.78 is 7.06. The van der Waals surface area contributed by atoms with Gasteiger partial charge in [-0.2, -0.15) is 0 Å². The molecule has 2 aromatic rings. The van der Waals surface area contributed by atoms with E-state index in [4.69, 9.17) is 10.5 Å². The number of amides is 1. The van der Waals surface area contributed by atoms with Gasteiger partial charge in [0, 0.05) is 19.2 Å². The quantitative estimate of drug-likeness (QED) is 0.851. The molecule has 0 radical (unpaired) electrons. The van der Waals surface area contributed by atoms with E-state index in [-0.39, 0.29) is 11.3 Å². The summed E-state index contributed by atoms with van der Waals surface area (Å²) in [5.74, 6) is -0.736. The van der Waals surface area contributed by atoms with Crippen LogP contribution in [0.5, 0.6) is 0 Å². The molecule has 124 valence electrons. The topological polar surface area (TPSA) is 87.2 Å². The molecular formula is C16H21N3O3S. The number of carbonyl (C=O) groups is 2. The first-order valence-corrected chi connectivity index (χ1v) is 8.16. The van der Waals surface area contributed by atoms with Gasteiger partial charge in [-0.15, -0.1) is 11.3 Å². The Morgan fingerprint density at radius 2 is 2.00 bits per heavy atom. The molecule has 1 amide bonds. The van der Waals surface area contributed by atoms with E-state index >= 15 is 0 Å². The number of aromatic nitrogens is 2. The molecule has 2 heterocycles. The SMILES string of the molecule is Cc1nc(C(C)C)sc1[C@@H](C)OC(=O)c1cc(C(N)=O)cn1C. The van der Waals surface area contributed by atoms with Crippen molar-refractivity contribution in [1.29, 1.82) is 0 Å². The maximum absolute atomic E-state index is 12.3. The predicted molar refractivity (Wildman–Crippen MR) is 88.7 cm³/mol. The fourth-order valence-corrected chi connectivity index (χ4v) is 3.28. The number of hydrogen-bond donors (Lipinski definition) is 1. The van der Waals surface area contributed by atoms with Gasteiger partial charge < -0.3 is 15.0 Å². The Balaban J connectivity index is 2.18. The Bertz CT molecular complexity index is 746. The largest absolute Gasteiger partial charge is 0.452 e. The Kier molecular flexibility index (Phi) is 4.89. The van der Waals surface area contributed by atoms with Crippen LogP contribution in [0.1, 0.15) is 69.2 Å². The molecule has 2 aromatic heterocycles. The number of ether oxygens (including phenoxy) is 1. The summed E-state index contributed by atoms with van der Waals surface area (Å²) in [6.45, 7) is 7.89. The van der Waals surface area contributed by atoms with Crippen LogP contribution in [-0.4, -0.2) is 21.4 Å². The Morgan fingerprint density at radius 1 is 1.35 bits per heavy atom. The highest BCUT2D eigenvalue weighted by molar-refractivity contribution is 7.11. The average molecular weight is 335 g/mol. The lowest BCUT2D eigenvalue weighted by Crippen LogP contribution is -2.12. The van der Waals surface area contributed by atoms with Crippen LogP contribution >= 0.6 is 11.3 Å². The van der Waals surface area contributed by atoms with E-state index in [0.29, 0.717) is 5.92 Å². The van der Waals surface area contributed by atoms with Gasteiger partial charge in [-0.3, -0.25) is 4.79 Å². The molecule has 1 atom stereocenters. The van der Waals surface area contributed by atoms with Crippen LogP contribution in [-0.2, 0) is 11.8 Å². The number of nitrogens with two attached hydrogens (primary N) is 1. The number of esters is 1. The highest BCUT2D eigenvalue weighted by atomic mass is 32.1. The van der Waals surface area contributed by atoms with Crippen LogP contribution < -0.4 is 5.73 Å². The molecule has 0 bridgehead atoms. The van der Waals surface area contributed by atoms with E-state index in [0.717, 1.165) is 15.6 Å². The first kappa shape index (κ1) is 17.2. The van der Waals surface area contributed by atoms with Gasteiger partial charge >= 0.3 is 5.97 Å². The lowest BCUT2D eigenvalue weighted by atomic mass is 10.2. The number of hydrogen-bond acceptors (Lipinski definition) is 5. The number of primary amides is 1. The molecule has 6 nitrogen and oxygen atoms in total. The van der Waals surface area contributed by atoms with Gasteiger partial charge in [-0.1, -0.05) is 13.8 Å². The van der Waals surface area contributed by atoms with Gasteiger partial charge in [0.05, 0.1) is 21.1 Å². The van der Waals surface area contributed by atoms with Crippen molar-refractivity contribution >= 4 is 23.2 Å². The molecule has 0 fully saturated rings. The van der Waals surface area contributed by atoms with Gasteiger partial charge in [-0.05, 0) is 19.9 Å². The molecule has 7 heteroatoms. The first-order valence-electron chi connectivity index (χ1n) is 7.35. The molecule has 2 rings (SSSR count). The van der Waals surface area contributed by atoms with E-state index in [2.05, 4.69) is 18.8 Å². The summed E-state index contributed by atoms with van der Waals surface area (Å²) in [4.78, 5) is 29.0. The zero-order valence-electron chi connectivity index (χ0n) is 13.9. The molecule has 0 aliphatic carbocycles. The van der Waals surface area contributed by atoms with Gasteiger partial charge in [0.1, 0.15) is 11.8 Å². The summed E-state index contributed by atoms with van der Waals surface area (Å²) in [5, 5.41) is 1.02. The van der Waals surface area contributed by atoms with Crippen molar-refractivity contribution in [3.8, 4) is 0 Å².